The largest absolute Gasteiger partial charge is 0.508 e. The van der Waals surface area contributed by atoms with Crippen LogP contribution < -0.4 is 0 Å². The maximum Gasteiger partial charge on any atom is 0.115 e. The number of aliphatic hydroxyl groups is 1. The molecule has 2 aromatic rings. The van der Waals surface area contributed by atoms with E-state index in [2.05, 4.69) is 0 Å². The third-order valence-electron chi connectivity index (χ3n) is 3.70. The predicted octanol–water partition coefficient (Wildman–Crippen LogP) is 3.50. The van der Waals surface area contributed by atoms with Crippen molar-refractivity contribution in [1.29, 1.82) is 0 Å². The molecule has 0 aliphatic rings. The molecule has 0 spiro atoms. The number of allylic oxidation sites excluding steroid dienone is 1. The van der Waals surface area contributed by atoms with E-state index in [-0.39, 0.29) is 17.4 Å². The van der Waals surface area contributed by atoms with Crippen LogP contribution in [-0.2, 0) is 4.74 Å². The molecule has 0 radical (unpaired) electrons. The molecule has 2 atom stereocenters. The van der Waals surface area contributed by atoms with Crippen molar-refractivity contribution in [3.05, 3.63) is 65.7 Å². The van der Waals surface area contributed by atoms with E-state index >= 15 is 0 Å². The van der Waals surface area contributed by atoms with Gasteiger partial charge in [0.2, 0.25) is 0 Å². The number of phenols is 2. The zero-order valence-corrected chi connectivity index (χ0v) is 13.1. The minimum absolute atomic E-state index is 0.0853. The zero-order valence-electron chi connectivity index (χ0n) is 13.1. The molecule has 0 saturated heterocycles. The van der Waals surface area contributed by atoms with Gasteiger partial charge in [0.05, 0.1) is 12.7 Å². The number of ether oxygens (including phenoxy) is 1. The number of benzene rings is 2. The van der Waals surface area contributed by atoms with E-state index < -0.39 is 6.10 Å². The molecular formula is C19H22O4. The Bertz CT molecular complexity index is 617. The van der Waals surface area contributed by atoms with E-state index in [0.29, 0.717) is 13.0 Å². The normalized spacial score (nSPS) is 14.0. The number of aromatic hydroxyl groups is 2. The number of rotatable bonds is 7. The molecule has 0 aromatic heterocycles. The van der Waals surface area contributed by atoms with Crippen LogP contribution in [-0.4, -0.2) is 29.0 Å². The Hall–Kier alpha value is -2.30. The molecule has 0 aliphatic heterocycles. The van der Waals surface area contributed by atoms with Crippen LogP contribution in [0, 0.1) is 5.92 Å². The minimum Gasteiger partial charge on any atom is -0.508 e. The number of phenolic OH excluding ortho intramolecular Hbond substituents is 2. The van der Waals surface area contributed by atoms with Gasteiger partial charge in [0.25, 0.3) is 0 Å². The number of hydrogen-bond donors (Lipinski definition) is 3. The first-order valence-electron chi connectivity index (χ1n) is 7.51. The van der Waals surface area contributed by atoms with E-state index in [1.54, 1.807) is 43.5 Å². The zero-order chi connectivity index (χ0) is 16.7. The van der Waals surface area contributed by atoms with Gasteiger partial charge in [-0.3, -0.25) is 0 Å². The molecule has 2 rings (SSSR count). The van der Waals surface area contributed by atoms with Crippen LogP contribution in [0.4, 0.5) is 0 Å². The summed E-state index contributed by atoms with van der Waals surface area (Å²) in [5.74, 6) is 0.330. The molecule has 0 fully saturated rings. The monoisotopic (exact) mass is 314 g/mol. The SMILES string of the molecule is COC[C@@H](C/C=C/c1ccc(O)cc1)[C@@H](O)c1ccc(O)cc1. The van der Waals surface area contributed by atoms with Gasteiger partial charge in [-0.25, -0.2) is 0 Å². The van der Waals surface area contributed by atoms with Crippen molar-refractivity contribution < 1.29 is 20.1 Å². The van der Waals surface area contributed by atoms with Crippen LogP contribution in [0.2, 0.25) is 0 Å². The van der Waals surface area contributed by atoms with Crippen LogP contribution >= 0.6 is 0 Å². The van der Waals surface area contributed by atoms with Crippen molar-refractivity contribution in [1.82, 2.24) is 0 Å². The summed E-state index contributed by atoms with van der Waals surface area (Å²) in [4.78, 5) is 0. The van der Waals surface area contributed by atoms with E-state index in [0.717, 1.165) is 11.1 Å². The Morgan fingerprint density at radius 2 is 1.52 bits per heavy atom. The van der Waals surface area contributed by atoms with Crippen molar-refractivity contribution in [2.45, 2.75) is 12.5 Å². The molecule has 4 heteroatoms. The second kappa shape index (κ2) is 8.36. The molecule has 0 saturated carbocycles. The standard InChI is InChI=1S/C19H22O4/c1-23-13-16(19(22)15-7-11-18(21)12-8-15)4-2-3-14-5-9-17(20)10-6-14/h2-3,5-12,16,19-22H,4,13H2,1H3/b3-2+/t16-,19+/m1/s1. The smallest absolute Gasteiger partial charge is 0.115 e. The molecule has 2 aromatic carbocycles. The molecule has 0 amide bonds. The van der Waals surface area contributed by atoms with Crippen LogP contribution in [0.3, 0.4) is 0 Å². The fourth-order valence-corrected chi connectivity index (χ4v) is 2.41. The van der Waals surface area contributed by atoms with E-state index in [1.807, 2.05) is 24.3 Å². The maximum absolute atomic E-state index is 10.5. The average molecular weight is 314 g/mol. The fraction of sp³-hybridized carbons (Fsp3) is 0.263. The van der Waals surface area contributed by atoms with Crippen LogP contribution in [0.15, 0.2) is 54.6 Å². The van der Waals surface area contributed by atoms with Crippen LogP contribution in [0.1, 0.15) is 23.7 Å². The number of hydrogen-bond acceptors (Lipinski definition) is 4. The lowest BCUT2D eigenvalue weighted by molar-refractivity contribution is 0.0487. The molecular weight excluding hydrogens is 292 g/mol. The first-order chi connectivity index (χ1) is 11.1. The van der Waals surface area contributed by atoms with Crippen LogP contribution in [0.25, 0.3) is 6.08 Å². The van der Waals surface area contributed by atoms with E-state index in [1.165, 1.54) is 0 Å². The molecule has 23 heavy (non-hydrogen) atoms. The van der Waals surface area contributed by atoms with E-state index in [4.69, 9.17) is 4.74 Å². The van der Waals surface area contributed by atoms with E-state index in [9.17, 15) is 15.3 Å². The Labute approximate surface area is 136 Å². The summed E-state index contributed by atoms with van der Waals surface area (Å²) in [6.07, 6.45) is 3.92. The minimum atomic E-state index is -0.667. The molecule has 0 heterocycles. The molecule has 0 aliphatic carbocycles. The summed E-state index contributed by atoms with van der Waals surface area (Å²) in [6, 6.07) is 13.5. The molecule has 3 N–H and O–H groups in total. The number of aliphatic hydroxyl groups excluding tert-OH is 1. The van der Waals surface area contributed by atoms with Gasteiger partial charge in [-0.05, 0) is 41.8 Å². The highest BCUT2D eigenvalue weighted by Gasteiger charge is 2.19. The average Bonchev–Trinajstić information content (AvgIpc) is 2.56. The quantitative estimate of drug-likeness (QED) is 0.731. The highest BCUT2D eigenvalue weighted by molar-refractivity contribution is 5.50. The topological polar surface area (TPSA) is 69.9 Å². The van der Waals surface area contributed by atoms with Gasteiger partial charge in [-0.2, -0.15) is 0 Å². The van der Waals surface area contributed by atoms with Crippen molar-refractivity contribution in [3.63, 3.8) is 0 Å². The second-order valence-electron chi connectivity index (χ2n) is 5.48. The molecule has 0 unspecified atom stereocenters. The first kappa shape index (κ1) is 17.1. The lowest BCUT2D eigenvalue weighted by atomic mass is 9.93. The van der Waals surface area contributed by atoms with Gasteiger partial charge in [0.15, 0.2) is 0 Å². The summed E-state index contributed by atoms with van der Waals surface area (Å²) < 4.78 is 5.21. The third-order valence-corrected chi connectivity index (χ3v) is 3.70. The summed E-state index contributed by atoms with van der Waals surface area (Å²) in [5, 5.41) is 29.1. The fourth-order valence-electron chi connectivity index (χ4n) is 2.41. The Kier molecular flexibility index (Phi) is 6.20. The molecule has 122 valence electrons. The summed E-state index contributed by atoms with van der Waals surface area (Å²) in [6.45, 7) is 0.433. The van der Waals surface area contributed by atoms with Crippen molar-refractivity contribution >= 4 is 6.08 Å². The molecule has 4 nitrogen and oxygen atoms in total. The second-order valence-corrected chi connectivity index (χ2v) is 5.48. The van der Waals surface area contributed by atoms with Gasteiger partial charge in [0.1, 0.15) is 11.5 Å². The highest BCUT2D eigenvalue weighted by atomic mass is 16.5. The maximum atomic E-state index is 10.5. The third kappa shape index (κ3) is 5.13. The van der Waals surface area contributed by atoms with Crippen molar-refractivity contribution in [3.8, 4) is 11.5 Å². The lowest BCUT2D eigenvalue weighted by Gasteiger charge is -2.21. The Morgan fingerprint density at radius 1 is 0.957 bits per heavy atom. The summed E-state index contributed by atoms with van der Waals surface area (Å²) in [5.41, 5.74) is 1.74. The van der Waals surface area contributed by atoms with Gasteiger partial charge in [0, 0.05) is 13.0 Å². The van der Waals surface area contributed by atoms with Crippen LogP contribution in [0.5, 0.6) is 11.5 Å². The van der Waals surface area contributed by atoms with Gasteiger partial charge >= 0.3 is 0 Å². The van der Waals surface area contributed by atoms with Gasteiger partial charge < -0.3 is 20.1 Å². The van der Waals surface area contributed by atoms with Gasteiger partial charge in [-0.1, -0.05) is 36.4 Å². The first-order valence-corrected chi connectivity index (χ1v) is 7.51. The van der Waals surface area contributed by atoms with Crippen molar-refractivity contribution in [2.75, 3.05) is 13.7 Å². The van der Waals surface area contributed by atoms with Gasteiger partial charge in [-0.15, -0.1) is 0 Å². The highest BCUT2D eigenvalue weighted by Crippen LogP contribution is 2.27. The predicted molar refractivity (Wildman–Crippen MR) is 90.2 cm³/mol. The number of methoxy groups -OCH3 is 1. The Morgan fingerprint density at radius 3 is 2.09 bits per heavy atom. The summed E-state index contributed by atoms with van der Waals surface area (Å²) in [7, 11) is 1.61. The Balaban J connectivity index is 2.02. The molecule has 0 bridgehead atoms. The lowest BCUT2D eigenvalue weighted by Crippen LogP contribution is -2.17. The van der Waals surface area contributed by atoms with Crippen molar-refractivity contribution in [2.24, 2.45) is 5.92 Å². The summed E-state index contributed by atoms with van der Waals surface area (Å²) >= 11 is 0.